The zero-order valence-corrected chi connectivity index (χ0v) is 13.2. The number of benzene rings is 1. The predicted octanol–water partition coefficient (Wildman–Crippen LogP) is 4.14. The molecule has 0 aliphatic carbocycles. The molecular weight excluding hydrogens is 246 g/mol. The van der Waals surface area contributed by atoms with Crippen molar-refractivity contribution in [2.24, 2.45) is 5.92 Å². The second kappa shape index (κ2) is 6.94. The summed E-state index contributed by atoms with van der Waals surface area (Å²) in [4.78, 5) is 2.57. The number of methoxy groups -OCH3 is 1. The van der Waals surface area contributed by atoms with E-state index in [4.69, 9.17) is 4.74 Å². The molecule has 0 amide bonds. The van der Waals surface area contributed by atoms with E-state index in [9.17, 15) is 0 Å². The Labute approximate surface area is 123 Å². The molecule has 1 aliphatic heterocycles. The highest BCUT2D eigenvalue weighted by molar-refractivity contribution is 5.53. The molecule has 1 saturated heterocycles. The summed E-state index contributed by atoms with van der Waals surface area (Å²) in [6.45, 7) is 9.13. The highest BCUT2D eigenvalue weighted by Crippen LogP contribution is 2.23. The van der Waals surface area contributed by atoms with Crippen LogP contribution in [0.5, 0.6) is 5.75 Å². The number of allylic oxidation sites excluding steroid dienone is 1. The molecule has 0 bridgehead atoms. The lowest BCUT2D eigenvalue weighted by Crippen LogP contribution is -2.38. The van der Waals surface area contributed by atoms with Gasteiger partial charge in [0.2, 0.25) is 0 Å². The van der Waals surface area contributed by atoms with E-state index in [2.05, 4.69) is 56.0 Å². The Morgan fingerprint density at radius 2 is 1.95 bits per heavy atom. The van der Waals surface area contributed by atoms with E-state index in [1.54, 1.807) is 7.11 Å². The average Bonchev–Trinajstić information content (AvgIpc) is 2.45. The molecule has 0 unspecified atom stereocenters. The van der Waals surface area contributed by atoms with Gasteiger partial charge in [0.1, 0.15) is 5.75 Å². The Kier molecular flexibility index (Phi) is 5.24. The summed E-state index contributed by atoms with van der Waals surface area (Å²) in [5.74, 6) is 1.69. The van der Waals surface area contributed by atoms with Gasteiger partial charge >= 0.3 is 0 Å². The van der Waals surface area contributed by atoms with Gasteiger partial charge in [-0.3, -0.25) is 0 Å². The first kappa shape index (κ1) is 15.1. The molecule has 1 aliphatic rings. The molecule has 2 heteroatoms. The summed E-state index contributed by atoms with van der Waals surface area (Å²) in [5, 5.41) is 0. The number of piperidine rings is 1. The first-order chi connectivity index (χ1) is 9.60. The van der Waals surface area contributed by atoms with Crippen LogP contribution in [-0.4, -0.2) is 31.1 Å². The van der Waals surface area contributed by atoms with Gasteiger partial charge in [-0.05, 0) is 75.9 Å². The minimum absolute atomic E-state index is 0.684. The van der Waals surface area contributed by atoms with E-state index < -0.39 is 0 Å². The molecule has 2 nitrogen and oxygen atoms in total. The van der Waals surface area contributed by atoms with E-state index in [0.717, 1.165) is 11.7 Å². The maximum atomic E-state index is 5.30. The lowest BCUT2D eigenvalue weighted by molar-refractivity contribution is 0.164. The summed E-state index contributed by atoms with van der Waals surface area (Å²) >= 11 is 0. The van der Waals surface area contributed by atoms with Crippen LogP contribution < -0.4 is 4.74 Å². The van der Waals surface area contributed by atoms with Crippen LogP contribution in [0.3, 0.4) is 0 Å². The molecule has 2 rings (SSSR count). The van der Waals surface area contributed by atoms with Gasteiger partial charge in [0, 0.05) is 6.04 Å². The second-order valence-electron chi connectivity index (χ2n) is 6.06. The van der Waals surface area contributed by atoms with Crippen LogP contribution in [-0.2, 0) is 0 Å². The lowest BCUT2D eigenvalue weighted by Gasteiger charge is -2.33. The average molecular weight is 273 g/mol. The van der Waals surface area contributed by atoms with Crippen molar-refractivity contribution in [1.82, 2.24) is 4.90 Å². The fourth-order valence-electron chi connectivity index (χ4n) is 2.88. The van der Waals surface area contributed by atoms with E-state index in [-0.39, 0.29) is 0 Å². The molecule has 110 valence electrons. The number of likely N-dealkylation sites (tertiary alicyclic amines) is 1. The third-order valence-corrected chi connectivity index (χ3v) is 4.28. The van der Waals surface area contributed by atoms with Crippen LogP contribution in [0.1, 0.15) is 37.8 Å². The predicted molar refractivity (Wildman–Crippen MR) is 86.2 cm³/mol. The molecule has 0 spiro atoms. The second-order valence-corrected chi connectivity index (χ2v) is 6.06. The summed E-state index contributed by atoms with van der Waals surface area (Å²) < 4.78 is 5.30. The van der Waals surface area contributed by atoms with Gasteiger partial charge in [-0.2, -0.15) is 0 Å². The summed E-state index contributed by atoms with van der Waals surface area (Å²) in [7, 11) is 1.72. The fraction of sp³-hybridized carbons (Fsp3) is 0.556. The Morgan fingerprint density at radius 3 is 2.50 bits per heavy atom. The highest BCUT2D eigenvalue weighted by Gasteiger charge is 2.18. The zero-order chi connectivity index (χ0) is 14.5. The molecule has 1 heterocycles. The maximum Gasteiger partial charge on any atom is 0.121 e. The summed E-state index contributed by atoms with van der Waals surface area (Å²) in [5.41, 5.74) is 2.47. The van der Waals surface area contributed by atoms with E-state index in [0.29, 0.717) is 6.04 Å². The van der Waals surface area contributed by atoms with Crippen molar-refractivity contribution in [3.63, 3.8) is 0 Å². The summed E-state index contributed by atoms with van der Waals surface area (Å²) in [6, 6.07) is 7.06. The molecule has 1 fully saturated rings. The number of hydrogen-bond donors (Lipinski definition) is 0. The van der Waals surface area contributed by atoms with Crippen LogP contribution in [0.2, 0.25) is 0 Å². The van der Waals surface area contributed by atoms with Crippen LogP contribution in [0.4, 0.5) is 0 Å². The quantitative estimate of drug-likeness (QED) is 0.817. The minimum atomic E-state index is 0.684. The smallest absolute Gasteiger partial charge is 0.121 e. The highest BCUT2D eigenvalue weighted by atomic mass is 16.5. The van der Waals surface area contributed by atoms with Crippen LogP contribution in [0.25, 0.3) is 6.08 Å². The normalized spacial score (nSPS) is 18.1. The Balaban J connectivity index is 1.92. The monoisotopic (exact) mass is 273 g/mol. The first-order valence-electron chi connectivity index (χ1n) is 7.67. The summed E-state index contributed by atoms with van der Waals surface area (Å²) in [6.07, 6.45) is 7.22. The minimum Gasteiger partial charge on any atom is -0.496 e. The first-order valence-corrected chi connectivity index (χ1v) is 7.67. The molecule has 1 aromatic rings. The Morgan fingerprint density at radius 1 is 1.25 bits per heavy atom. The molecule has 1 aromatic carbocycles. The van der Waals surface area contributed by atoms with Crippen LogP contribution >= 0.6 is 0 Å². The zero-order valence-electron chi connectivity index (χ0n) is 13.2. The van der Waals surface area contributed by atoms with Crippen molar-refractivity contribution in [3.8, 4) is 5.75 Å². The molecular formula is C18H27NO. The van der Waals surface area contributed by atoms with E-state index in [1.807, 2.05) is 0 Å². The largest absolute Gasteiger partial charge is 0.496 e. The van der Waals surface area contributed by atoms with Crippen molar-refractivity contribution in [1.29, 1.82) is 0 Å². The van der Waals surface area contributed by atoms with Gasteiger partial charge in [-0.25, -0.2) is 0 Å². The van der Waals surface area contributed by atoms with Crippen LogP contribution in [0.15, 0.2) is 24.3 Å². The van der Waals surface area contributed by atoms with Gasteiger partial charge in [-0.15, -0.1) is 0 Å². The number of hydrogen-bond acceptors (Lipinski definition) is 2. The van der Waals surface area contributed by atoms with Crippen LogP contribution in [0, 0.1) is 12.8 Å². The van der Waals surface area contributed by atoms with Gasteiger partial charge in [0.05, 0.1) is 7.11 Å². The third kappa shape index (κ3) is 3.86. The molecule has 20 heavy (non-hydrogen) atoms. The van der Waals surface area contributed by atoms with Gasteiger partial charge in [0.25, 0.3) is 0 Å². The van der Waals surface area contributed by atoms with Crippen molar-refractivity contribution >= 4 is 6.08 Å². The molecule has 0 radical (unpaired) electrons. The standard InChI is InChI=1S/C18H27NO/c1-14(2)19-11-9-16(10-12-19)5-6-17-7-8-18(20-4)15(3)13-17/h5-8,13-14,16H,9-12H2,1-4H3/b6-5-. The number of aryl methyl sites for hydroxylation is 1. The SMILES string of the molecule is COc1ccc(/C=C\C2CCN(C(C)C)CC2)cc1C. The van der Waals surface area contributed by atoms with Crippen molar-refractivity contribution in [2.75, 3.05) is 20.2 Å². The lowest BCUT2D eigenvalue weighted by atomic mass is 9.95. The van der Waals surface area contributed by atoms with E-state index >= 15 is 0 Å². The maximum absolute atomic E-state index is 5.30. The fourth-order valence-corrected chi connectivity index (χ4v) is 2.88. The molecule has 0 N–H and O–H groups in total. The number of ether oxygens (including phenoxy) is 1. The van der Waals surface area contributed by atoms with Gasteiger partial charge < -0.3 is 9.64 Å². The van der Waals surface area contributed by atoms with Gasteiger partial charge in [-0.1, -0.05) is 18.2 Å². The molecule has 0 saturated carbocycles. The van der Waals surface area contributed by atoms with Crippen molar-refractivity contribution < 1.29 is 4.74 Å². The topological polar surface area (TPSA) is 12.5 Å². The van der Waals surface area contributed by atoms with E-state index in [1.165, 1.54) is 37.1 Å². The number of nitrogens with zero attached hydrogens (tertiary/aromatic N) is 1. The van der Waals surface area contributed by atoms with Crippen molar-refractivity contribution in [2.45, 2.75) is 39.7 Å². The Bertz CT molecular complexity index is 456. The van der Waals surface area contributed by atoms with Gasteiger partial charge in [0.15, 0.2) is 0 Å². The third-order valence-electron chi connectivity index (χ3n) is 4.28. The Hall–Kier alpha value is -1.28. The van der Waals surface area contributed by atoms with Crippen molar-refractivity contribution in [3.05, 3.63) is 35.4 Å². The number of rotatable bonds is 4. The molecule has 0 atom stereocenters. The molecule has 0 aromatic heterocycles.